The van der Waals surface area contributed by atoms with Gasteiger partial charge in [0, 0.05) is 6.42 Å². The number of carboxylic acids is 1. The van der Waals surface area contributed by atoms with Crippen LogP contribution in [-0.4, -0.2) is 65.1 Å². The number of unbranched alkanes of at least 4 members (excludes halogenated alkanes) is 1. The van der Waals surface area contributed by atoms with Gasteiger partial charge in [0.1, 0.15) is 23.9 Å². The van der Waals surface area contributed by atoms with Crippen LogP contribution in [0.3, 0.4) is 0 Å². The molecule has 3 atom stereocenters. The van der Waals surface area contributed by atoms with Crippen LogP contribution in [-0.2, 0) is 25.6 Å². The molecule has 0 aliphatic carbocycles. The highest BCUT2D eigenvalue weighted by Gasteiger charge is 2.28. The topological polar surface area (TPSA) is 197 Å². The van der Waals surface area contributed by atoms with Crippen LogP contribution in [0.4, 0.5) is 0 Å². The first kappa shape index (κ1) is 25.9. The average Bonchev–Trinajstić information content (AvgIpc) is 2.73. The number of hydrogen-bond acceptors (Lipinski definition) is 7. The highest BCUT2D eigenvalue weighted by Crippen LogP contribution is 2.12. The van der Waals surface area contributed by atoms with Gasteiger partial charge in [0.05, 0.1) is 6.54 Å². The lowest BCUT2D eigenvalue weighted by molar-refractivity contribution is -0.141. The summed E-state index contributed by atoms with van der Waals surface area (Å²) in [7, 11) is 0. The number of phenols is 1. The van der Waals surface area contributed by atoms with Gasteiger partial charge in [0.15, 0.2) is 0 Å². The molecule has 0 aliphatic heterocycles. The minimum Gasteiger partial charge on any atom is -0.508 e. The first-order chi connectivity index (χ1) is 14.7. The number of rotatable bonds is 13. The molecule has 0 saturated heterocycles. The van der Waals surface area contributed by atoms with Crippen molar-refractivity contribution in [1.29, 1.82) is 0 Å². The van der Waals surface area contributed by atoms with Crippen molar-refractivity contribution in [3.05, 3.63) is 29.8 Å². The molecule has 31 heavy (non-hydrogen) atoms. The third-order valence-corrected chi connectivity index (χ3v) is 4.52. The monoisotopic (exact) mass is 437 g/mol. The number of nitrogens with two attached hydrogens (primary N) is 2. The van der Waals surface area contributed by atoms with Crippen LogP contribution in [0.2, 0.25) is 0 Å². The molecule has 9 N–H and O–H groups in total. The molecule has 0 fully saturated rings. The second-order valence-electron chi connectivity index (χ2n) is 7.11. The third-order valence-electron chi connectivity index (χ3n) is 4.52. The lowest BCUT2D eigenvalue weighted by atomic mass is 10.0. The van der Waals surface area contributed by atoms with E-state index in [0.29, 0.717) is 24.9 Å². The largest absolute Gasteiger partial charge is 0.508 e. The summed E-state index contributed by atoms with van der Waals surface area (Å²) >= 11 is 0. The van der Waals surface area contributed by atoms with E-state index in [4.69, 9.17) is 16.6 Å². The molecule has 11 heteroatoms. The second kappa shape index (κ2) is 13.2. The number of phenolic OH excluding ortho intramolecular Hbond substituents is 1. The normalized spacial score (nSPS) is 13.5. The first-order valence-corrected chi connectivity index (χ1v) is 9.98. The molecule has 3 amide bonds. The van der Waals surface area contributed by atoms with Crippen molar-refractivity contribution >= 4 is 23.7 Å². The van der Waals surface area contributed by atoms with Gasteiger partial charge in [-0.05, 0) is 50.4 Å². The Morgan fingerprint density at radius 1 is 0.935 bits per heavy atom. The Balaban J connectivity index is 2.96. The molecule has 11 nitrogen and oxygen atoms in total. The average molecular weight is 437 g/mol. The molecule has 0 aromatic heterocycles. The first-order valence-electron chi connectivity index (χ1n) is 9.98. The van der Waals surface area contributed by atoms with Gasteiger partial charge in [-0.1, -0.05) is 12.1 Å². The summed E-state index contributed by atoms with van der Waals surface area (Å²) in [4.78, 5) is 48.3. The predicted octanol–water partition coefficient (Wildman–Crippen LogP) is -1.42. The second-order valence-corrected chi connectivity index (χ2v) is 7.11. The van der Waals surface area contributed by atoms with E-state index in [1.54, 1.807) is 12.1 Å². The minimum absolute atomic E-state index is 0.0555. The molecule has 0 heterocycles. The smallest absolute Gasteiger partial charge is 0.325 e. The molecule has 0 aliphatic rings. The van der Waals surface area contributed by atoms with Gasteiger partial charge in [-0.2, -0.15) is 0 Å². The van der Waals surface area contributed by atoms with E-state index >= 15 is 0 Å². The summed E-state index contributed by atoms with van der Waals surface area (Å²) in [5.41, 5.74) is 11.5. The van der Waals surface area contributed by atoms with Crippen LogP contribution in [0.5, 0.6) is 5.75 Å². The quantitative estimate of drug-likeness (QED) is 0.182. The SMILES string of the molecule is CC(NC(=O)C(CCCCN)NC(=O)C(Cc1ccc(O)cc1)NC(=O)CN)C(=O)O. The number of carbonyl (C=O) groups excluding carboxylic acids is 3. The van der Waals surface area contributed by atoms with Crippen molar-refractivity contribution in [3.63, 3.8) is 0 Å². The summed E-state index contributed by atoms with van der Waals surface area (Å²) in [6.45, 7) is 1.40. The number of aliphatic carboxylic acids is 1. The van der Waals surface area contributed by atoms with Crippen molar-refractivity contribution in [3.8, 4) is 5.75 Å². The van der Waals surface area contributed by atoms with Gasteiger partial charge >= 0.3 is 5.97 Å². The fraction of sp³-hybridized carbons (Fsp3) is 0.500. The van der Waals surface area contributed by atoms with E-state index in [1.165, 1.54) is 19.1 Å². The van der Waals surface area contributed by atoms with Crippen molar-refractivity contribution in [2.24, 2.45) is 11.5 Å². The maximum Gasteiger partial charge on any atom is 0.325 e. The molecule has 1 rings (SSSR count). The Kier molecular flexibility index (Phi) is 11.0. The number of hydrogen-bond donors (Lipinski definition) is 7. The van der Waals surface area contributed by atoms with Crippen LogP contribution in [0, 0.1) is 0 Å². The van der Waals surface area contributed by atoms with E-state index in [9.17, 15) is 24.3 Å². The molecule has 3 unspecified atom stereocenters. The number of carboxylic acid groups (broad SMARTS) is 1. The van der Waals surface area contributed by atoms with Gasteiger partial charge in [0.2, 0.25) is 17.7 Å². The van der Waals surface area contributed by atoms with Crippen LogP contribution in [0.25, 0.3) is 0 Å². The van der Waals surface area contributed by atoms with Crippen molar-refractivity contribution in [1.82, 2.24) is 16.0 Å². The van der Waals surface area contributed by atoms with Gasteiger partial charge in [0.25, 0.3) is 0 Å². The molecule has 0 saturated carbocycles. The summed E-state index contributed by atoms with van der Waals surface area (Å²) in [6.07, 6.45) is 1.50. The summed E-state index contributed by atoms with van der Waals surface area (Å²) < 4.78 is 0. The Hall–Kier alpha value is -3.18. The zero-order chi connectivity index (χ0) is 23.4. The molecular weight excluding hydrogens is 406 g/mol. The molecule has 0 spiro atoms. The van der Waals surface area contributed by atoms with Gasteiger partial charge in [-0.15, -0.1) is 0 Å². The highest BCUT2D eigenvalue weighted by molar-refractivity contribution is 5.93. The highest BCUT2D eigenvalue weighted by atomic mass is 16.4. The number of nitrogens with one attached hydrogen (secondary N) is 3. The lowest BCUT2D eigenvalue weighted by Gasteiger charge is -2.24. The maximum atomic E-state index is 12.9. The zero-order valence-corrected chi connectivity index (χ0v) is 17.5. The number of amides is 3. The van der Waals surface area contributed by atoms with E-state index in [0.717, 1.165) is 0 Å². The number of carbonyl (C=O) groups is 4. The van der Waals surface area contributed by atoms with E-state index < -0.39 is 41.8 Å². The molecule has 0 radical (unpaired) electrons. The van der Waals surface area contributed by atoms with Gasteiger partial charge in [-0.25, -0.2) is 0 Å². The molecule has 172 valence electrons. The van der Waals surface area contributed by atoms with E-state index in [-0.39, 0.29) is 25.1 Å². The Morgan fingerprint density at radius 2 is 1.55 bits per heavy atom. The van der Waals surface area contributed by atoms with Crippen LogP contribution in [0.1, 0.15) is 31.7 Å². The number of benzene rings is 1. The van der Waals surface area contributed by atoms with Crippen LogP contribution >= 0.6 is 0 Å². The third kappa shape index (κ3) is 9.45. The molecule has 1 aromatic rings. The zero-order valence-electron chi connectivity index (χ0n) is 17.5. The molecule has 1 aromatic carbocycles. The lowest BCUT2D eigenvalue weighted by Crippen LogP contribution is -2.56. The standard InChI is InChI=1S/C20H31N5O6/c1-12(20(30)31)23-18(28)15(4-2-3-9-21)25-19(29)16(24-17(27)11-22)10-13-5-7-14(26)8-6-13/h5-8,12,15-16,26H,2-4,9-11,21-22H2,1H3,(H,23,28)(H,24,27)(H,25,29)(H,30,31). The predicted molar refractivity (Wildman–Crippen MR) is 113 cm³/mol. The summed E-state index contributed by atoms with van der Waals surface area (Å²) in [5.74, 6) is -2.97. The van der Waals surface area contributed by atoms with Gasteiger partial charge < -0.3 is 37.6 Å². The van der Waals surface area contributed by atoms with Crippen LogP contribution in [0.15, 0.2) is 24.3 Å². The Labute approximate surface area is 180 Å². The summed E-state index contributed by atoms with van der Waals surface area (Å²) in [6, 6.07) is 2.94. The molecular formula is C20H31N5O6. The maximum absolute atomic E-state index is 12.9. The Morgan fingerprint density at radius 3 is 2.10 bits per heavy atom. The van der Waals surface area contributed by atoms with E-state index in [2.05, 4.69) is 16.0 Å². The van der Waals surface area contributed by atoms with Crippen LogP contribution < -0.4 is 27.4 Å². The van der Waals surface area contributed by atoms with Gasteiger partial charge in [-0.3, -0.25) is 19.2 Å². The minimum atomic E-state index is -1.21. The van der Waals surface area contributed by atoms with Crippen molar-refractivity contribution < 1.29 is 29.4 Å². The van der Waals surface area contributed by atoms with Crippen molar-refractivity contribution in [2.45, 2.75) is 50.7 Å². The van der Waals surface area contributed by atoms with Crippen molar-refractivity contribution in [2.75, 3.05) is 13.1 Å². The summed E-state index contributed by atoms with van der Waals surface area (Å²) in [5, 5.41) is 25.9. The van der Waals surface area contributed by atoms with E-state index in [1.807, 2.05) is 0 Å². The fourth-order valence-electron chi connectivity index (χ4n) is 2.74. The number of aromatic hydroxyl groups is 1. The fourth-order valence-corrected chi connectivity index (χ4v) is 2.74. The Bertz CT molecular complexity index is 755. The molecule has 0 bridgehead atoms.